The molecule has 0 bridgehead atoms. The summed E-state index contributed by atoms with van der Waals surface area (Å²) in [5, 5.41) is 9.68. The topological polar surface area (TPSA) is 59.4 Å². The lowest BCUT2D eigenvalue weighted by molar-refractivity contribution is 0.0696. The second kappa shape index (κ2) is 8.86. The van der Waals surface area contributed by atoms with Gasteiger partial charge in [0.1, 0.15) is 18.2 Å². The van der Waals surface area contributed by atoms with E-state index in [0.717, 1.165) is 23.6 Å². The van der Waals surface area contributed by atoms with Gasteiger partial charge in [-0.15, -0.1) is 0 Å². The van der Waals surface area contributed by atoms with Crippen LogP contribution in [0, 0.1) is 11.6 Å². The SMILES string of the molecule is O=C(O)c1cc(F)cc(C2=C(c3cc(Cl)cnc3OCc3ccccc3F)CCC2)c1. The standard InChI is InChI=1S/C24H18ClF2NO3/c25-17-11-21(23(28-12-17)31-13-14-4-1-2-7-22(14)27)20-6-3-5-19(20)15-8-16(24(29)30)10-18(26)9-15/h1-2,4,7-12H,3,5-6,13H2,(H,29,30). The van der Waals surface area contributed by atoms with E-state index in [1.807, 2.05) is 0 Å². The minimum absolute atomic E-state index is 0.0138. The van der Waals surface area contributed by atoms with E-state index in [1.165, 1.54) is 24.4 Å². The molecule has 0 saturated heterocycles. The maximum Gasteiger partial charge on any atom is 0.335 e. The van der Waals surface area contributed by atoms with Crippen LogP contribution in [0.5, 0.6) is 5.88 Å². The third kappa shape index (κ3) is 4.59. The molecular formula is C24H18ClF2NO3. The van der Waals surface area contributed by atoms with Gasteiger partial charge in [-0.1, -0.05) is 29.8 Å². The summed E-state index contributed by atoms with van der Waals surface area (Å²) < 4.78 is 33.9. The van der Waals surface area contributed by atoms with Crippen LogP contribution in [0.3, 0.4) is 0 Å². The number of rotatable bonds is 6. The van der Waals surface area contributed by atoms with Crippen molar-refractivity contribution in [1.82, 2.24) is 4.98 Å². The van der Waals surface area contributed by atoms with E-state index >= 15 is 0 Å². The van der Waals surface area contributed by atoms with Gasteiger partial charge in [-0.2, -0.15) is 0 Å². The third-order valence-electron chi connectivity index (χ3n) is 5.18. The number of allylic oxidation sites excluding steroid dienone is 2. The number of carboxylic acid groups (broad SMARTS) is 1. The Kier molecular flexibility index (Phi) is 6.00. The fraction of sp³-hybridized carbons (Fsp3) is 0.167. The van der Waals surface area contributed by atoms with Gasteiger partial charge in [0.25, 0.3) is 0 Å². The smallest absolute Gasteiger partial charge is 0.335 e. The van der Waals surface area contributed by atoms with Gasteiger partial charge in [-0.05, 0) is 66.3 Å². The van der Waals surface area contributed by atoms with Gasteiger partial charge in [0.15, 0.2) is 0 Å². The molecule has 158 valence electrons. The zero-order valence-corrected chi connectivity index (χ0v) is 17.1. The maximum atomic E-state index is 14.1. The number of nitrogens with zero attached hydrogens (tertiary/aromatic N) is 1. The first-order valence-electron chi connectivity index (χ1n) is 9.71. The van der Waals surface area contributed by atoms with Crippen LogP contribution in [0.15, 0.2) is 54.7 Å². The van der Waals surface area contributed by atoms with E-state index in [0.29, 0.717) is 34.6 Å². The van der Waals surface area contributed by atoms with Gasteiger partial charge in [0.2, 0.25) is 5.88 Å². The first-order chi connectivity index (χ1) is 14.9. The average molecular weight is 442 g/mol. The second-order valence-electron chi connectivity index (χ2n) is 7.23. The average Bonchev–Trinajstić information content (AvgIpc) is 3.23. The molecule has 1 aliphatic rings. The van der Waals surface area contributed by atoms with Gasteiger partial charge in [0.05, 0.1) is 10.6 Å². The third-order valence-corrected chi connectivity index (χ3v) is 5.38. The zero-order valence-electron chi connectivity index (χ0n) is 16.4. The van der Waals surface area contributed by atoms with Crippen LogP contribution in [0.1, 0.15) is 46.3 Å². The molecular weight excluding hydrogens is 424 g/mol. The fourth-order valence-electron chi connectivity index (χ4n) is 3.77. The minimum Gasteiger partial charge on any atom is -0.478 e. The minimum atomic E-state index is -1.20. The van der Waals surface area contributed by atoms with Crippen LogP contribution in [-0.2, 0) is 6.61 Å². The van der Waals surface area contributed by atoms with E-state index < -0.39 is 11.8 Å². The maximum absolute atomic E-state index is 14.1. The van der Waals surface area contributed by atoms with Gasteiger partial charge in [0, 0.05) is 17.3 Å². The number of pyridine rings is 1. The summed E-state index contributed by atoms with van der Waals surface area (Å²) in [5.41, 5.74) is 3.10. The predicted octanol–water partition coefficient (Wildman–Crippen LogP) is 6.39. The molecule has 0 atom stereocenters. The van der Waals surface area contributed by atoms with E-state index in [1.54, 1.807) is 24.3 Å². The Morgan fingerprint density at radius 3 is 2.65 bits per heavy atom. The van der Waals surface area contributed by atoms with Gasteiger partial charge < -0.3 is 9.84 Å². The quantitative estimate of drug-likeness (QED) is 0.481. The van der Waals surface area contributed by atoms with Crippen molar-refractivity contribution in [2.75, 3.05) is 0 Å². The van der Waals surface area contributed by atoms with Crippen molar-refractivity contribution in [1.29, 1.82) is 0 Å². The lowest BCUT2D eigenvalue weighted by atomic mass is 9.96. The van der Waals surface area contributed by atoms with E-state index in [4.69, 9.17) is 16.3 Å². The highest BCUT2D eigenvalue weighted by Crippen LogP contribution is 2.43. The number of halogens is 3. The molecule has 0 radical (unpaired) electrons. The van der Waals surface area contributed by atoms with E-state index in [-0.39, 0.29) is 23.9 Å². The van der Waals surface area contributed by atoms with Gasteiger partial charge in [-0.3, -0.25) is 0 Å². The van der Waals surface area contributed by atoms with E-state index in [9.17, 15) is 18.7 Å². The van der Waals surface area contributed by atoms with Crippen molar-refractivity contribution in [2.45, 2.75) is 25.9 Å². The molecule has 0 spiro atoms. The van der Waals surface area contributed by atoms with Crippen molar-refractivity contribution in [3.05, 3.63) is 93.6 Å². The van der Waals surface area contributed by atoms with Crippen molar-refractivity contribution >= 4 is 28.7 Å². The molecule has 1 N–H and O–H groups in total. The second-order valence-corrected chi connectivity index (χ2v) is 7.67. The molecule has 1 aliphatic carbocycles. The summed E-state index contributed by atoms with van der Waals surface area (Å²) in [4.78, 5) is 15.6. The highest BCUT2D eigenvalue weighted by atomic mass is 35.5. The Labute approximate surface area is 182 Å². The van der Waals surface area contributed by atoms with Gasteiger partial charge in [-0.25, -0.2) is 18.6 Å². The Bertz CT molecular complexity index is 1190. The molecule has 7 heteroatoms. The van der Waals surface area contributed by atoms with Gasteiger partial charge >= 0.3 is 5.97 Å². The molecule has 3 aromatic rings. The molecule has 0 aliphatic heterocycles. The monoisotopic (exact) mass is 441 g/mol. The van der Waals surface area contributed by atoms with Crippen LogP contribution in [0.25, 0.3) is 11.1 Å². The molecule has 1 heterocycles. The lowest BCUT2D eigenvalue weighted by Crippen LogP contribution is -2.03. The molecule has 0 saturated carbocycles. The summed E-state index contributed by atoms with van der Waals surface area (Å²) in [5.74, 6) is -1.90. The molecule has 0 amide bonds. The number of aromatic carboxylic acids is 1. The van der Waals surface area contributed by atoms with Crippen LogP contribution >= 0.6 is 11.6 Å². The first-order valence-corrected chi connectivity index (χ1v) is 10.1. The summed E-state index contributed by atoms with van der Waals surface area (Å²) >= 11 is 6.19. The Morgan fingerprint density at radius 2 is 1.87 bits per heavy atom. The van der Waals surface area contributed by atoms with Crippen molar-refractivity contribution in [2.24, 2.45) is 0 Å². The Hall–Kier alpha value is -3.25. The first kappa shape index (κ1) is 21.0. The number of hydrogen-bond donors (Lipinski definition) is 1. The normalized spacial score (nSPS) is 13.5. The lowest BCUT2D eigenvalue weighted by Gasteiger charge is -2.14. The van der Waals surface area contributed by atoms with E-state index in [2.05, 4.69) is 4.98 Å². The summed E-state index contributed by atoms with van der Waals surface area (Å²) in [6, 6.07) is 11.8. The van der Waals surface area contributed by atoms with Crippen LogP contribution in [0.4, 0.5) is 8.78 Å². The number of carboxylic acids is 1. The van der Waals surface area contributed by atoms with Crippen molar-refractivity contribution < 1.29 is 23.4 Å². The number of benzene rings is 2. The molecule has 31 heavy (non-hydrogen) atoms. The van der Waals surface area contributed by atoms with Crippen molar-refractivity contribution in [3.63, 3.8) is 0 Å². The van der Waals surface area contributed by atoms with Crippen LogP contribution < -0.4 is 4.74 Å². The molecule has 0 fully saturated rings. The molecule has 4 rings (SSSR count). The zero-order chi connectivity index (χ0) is 22.0. The van der Waals surface area contributed by atoms with Crippen LogP contribution in [0.2, 0.25) is 5.02 Å². The molecule has 0 unspecified atom stereocenters. The largest absolute Gasteiger partial charge is 0.478 e. The number of aromatic nitrogens is 1. The highest BCUT2D eigenvalue weighted by molar-refractivity contribution is 6.30. The number of hydrogen-bond acceptors (Lipinski definition) is 3. The van der Waals surface area contributed by atoms with Crippen LogP contribution in [-0.4, -0.2) is 16.1 Å². The number of ether oxygens (including phenoxy) is 1. The molecule has 2 aromatic carbocycles. The predicted molar refractivity (Wildman–Crippen MR) is 114 cm³/mol. The Morgan fingerprint density at radius 1 is 1.10 bits per heavy atom. The Balaban J connectivity index is 1.75. The summed E-state index contributed by atoms with van der Waals surface area (Å²) in [7, 11) is 0. The molecule has 4 nitrogen and oxygen atoms in total. The fourth-order valence-corrected chi connectivity index (χ4v) is 3.92. The summed E-state index contributed by atoms with van der Waals surface area (Å²) in [6.45, 7) is -0.0138. The summed E-state index contributed by atoms with van der Waals surface area (Å²) in [6.07, 6.45) is 3.58. The number of carbonyl (C=O) groups is 1. The molecule has 1 aromatic heterocycles. The van der Waals surface area contributed by atoms with Crippen molar-refractivity contribution in [3.8, 4) is 5.88 Å². The highest BCUT2D eigenvalue weighted by Gasteiger charge is 2.23.